The first-order valence-corrected chi connectivity index (χ1v) is 6.51. The Kier molecular flexibility index (Phi) is 2.86. The zero-order valence-electron chi connectivity index (χ0n) is 8.69. The number of hydrogen-bond acceptors (Lipinski definition) is 3. The van der Waals surface area contributed by atoms with E-state index < -0.39 is 15.8 Å². The van der Waals surface area contributed by atoms with Crippen LogP contribution in [0.25, 0.3) is 0 Å². The summed E-state index contributed by atoms with van der Waals surface area (Å²) in [5.74, 6) is -0.694. The third-order valence-electron chi connectivity index (χ3n) is 2.67. The summed E-state index contributed by atoms with van der Waals surface area (Å²) in [4.78, 5) is -0.0268. The molecule has 0 aromatic heterocycles. The molecule has 0 radical (unpaired) electrons. The van der Waals surface area contributed by atoms with Gasteiger partial charge in [0.1, 0.15) is 5.82 Å². The van der Waals surface area contributed by atoms with Gasteiger partial charge in [-0.2, -0.15) is 4.31 Å². The predicted octanol–water partition coefficient (Wildman–Crippen LogP) is 1.19. The molecule has 1 aromatic rings. The molecule has 0 bridgehead atoms. The van der Waals surface area contributed by atoms with Crippen molar-refractivity contribution in [2.75, 3.05) is 18.8 Å². The second kappa shape index (κ2) is 4.03. The summed E-state index contributed by atoms with van der Waals surface area (Å²) < 4.78 is 38.6. The number of nitrogens with zero attached hydrogens (tertiary/aromatic N) is 1. The van der Waals surface area contributed by atoms with Crippen LogP contribution in [-0.2, 0) is 10.0 Å². The fourth-order valence-electron chi connectivity index (χ4n) is 1.75. The maximum absolute atomic E-state index is 13.2. The van der Waals surface area contributed by atoms with Crippen LogP contribution in [0.2, 0.25) is 0 Å². The summed E-state index contributed by atoms with van der Waals surface area (Å²) in [5, 5.41) is 0. The van der Waals surface area contributed by atoms with Crippen LogP contribution < -0.4 is 5.73 Å². The number of anilines is 1. The number of benzene rings is 1. The van der Waals surface area contributed by atoms with E-state index in [1.165, 1.54) is 16.4 Å². The van der Waals surface area contributed by atoms with E-state index in [4.69, 9.17) is 5.73 Å². The molecule has 1 aliphatic heterocycles. The monoisotopic (exact) mass is 244 g/mol. The van der Waals surface area contributed by atoms with Crippen LogP contribution in [0.4, 0.5) is 10.1 Å². The van der Waals surface area contributed by atoms with Crippen molar-refractivity contribution in [3.8, 4) is 0 Å². The van der Waals surface area contributed by atoms with Gasteiger partial charge in [0.15, 0.2) is 0 Å². The van der Waals surface area contributed by atoms with Crippen molar-refractivity contribution in [1.29, 1.82) is 0 Å². The molecular weight excluding hydrogens is 231 g/mol. The number of halogens is 1. The van der Waals surface area contributed by atoms with E-state index >= 15 is 0 Å². The minimum atomic E-state index is -3.54. The second-order valence-electron chi connectivity index (χ2n) is 3.79. The standard InChI is InChI=1S/C10H13FN2O2S/c11-9-7-8(3-4-10(9)12)16(14,15)13-5-1-2-6-13/h3-4,7H,1-2,5-6,12H2. The van der Waals surface area contributed by atoms with Crippen LogP contribution >= 0.6 is 0 Å². The number of nitrogens with two attached hydrogens (primary N) is 1. The molecule has 1 saturated heterocycles. The molecule has 4 nitrogen and oxygen atoms in total. The van der Waals surface area contributed by atoms with Crippen molar-refractivity contribution in [2.45, 2.75) is 17.7 Å². The lowest BCUT2D eigenvalue weighted by molar-refractivity contribution is 0.476. The molecule has 0 amide bonds. The molecule has 6 heteroatoms. The molecule has 0 atom stereocenters. The molecule has 2 N–H and O–H groups in total. The first kappa shape index (κ1) is 11.3. The van der Waals surface area contributed by atoms with E-state index in [0.717, 1.165) is 18.9 Å². The number of rotatable bonds is 2. The van der Waals surface area contributed by atoms with Crippen molar-refractivity contribution in [1.82, 2.24) is 4.31 Å². The molecule has 1 aromatic carbocycles. The smallest absolute Gasteiger partial charge is 0.243 e. The molecule has 0 aliphatic carbocycles. The van der Waals surface area contributed by atoms with E-state index in [2.05, 4.69) is 0 Å². The van der Waals surface area contributed by atoms with Gasteiger partial charge < -0.3 is 5.73 Å². The predicted molar refractivity (Wildman–Crippen MR) is 58.8 cm³/mol. The van der Waals surface area contributed by atoms with Crippen molar-refractivity contribution in [3.63, 3.8) is 0 Å². The Morgan fingerprint density at radius 2 is 1.88 bits per heavy atom. The maximum atomic E-state index is 13.2. The summed E-state index contributed by atoms with van der Waals surface area (Å²) >= 11 is 0. The van der Waals surface area contributed by atoms with Gasteiger partial charge in [0, 0.05) is 13.1 Å². The summed E-state index contributed by atoms with van der Waals surface area (Å²) in [6, 6.07) is 3.59. The van der Waals surface area contributed by atoms with E-state index in [1.54, 1.807) is 0 Å². The van der Waals surface area contributed by atoms with Gasteiger partial charge >= 0.3 is 0 Å². The fraction of sp³-hybridized carbons (Fsp3) is 0.400. The number of nitrogen functional groups attached to an aromatic ring is 1. The second-order valence-corrected chi connectivity index (χ2v) is 5.73. The summed E-state index contributed by atoms with van der Waals surface area (Å²) in [6.07, 6.45) is 1.72. The average molecular weight is 244 g/mol. The van der Waals surface area contributed by atoms with Crippen molar-refractivity contribution >= 4 is 15.7 Å². The van der Waals surface area contributed by atoms with Gasteiger partial charge in [-0.05, 0) is 31.0 Å². The summed E-state index contributed by atoms with van der Waals surface area (Å²) in [5.41, 5.74) is 5.26. The molecule has 1 heterocycles. The SMILES string of the molecule is Nc1ccc(S(=O)(=O)N2CCCC2)cc1F. The molecule has 2 rings (SSSR count). The van der Waals surface area contributed by atoms with Gasteiger partial charge in [0.2, 0.25) is 10.0 Å². The minimum Gasteiger partial charge on any atom is -0.396 e. The summed E-state index contributed by atoms with van der Waals surface area (Å²) in [7, 11) is -3.54. The molecule has 1 fully saturated rings. The first-order valence-electron chi connectivity index (χ1n) is 5.07. The maximum Gasteiger partial charge on any atom is 0.243 e. The highest BCUT2D eigenvalue weighted by atomic mass is 32.2. The lowest BCUT2D eigenvalue weighted by atomic mass is 10.3. The largest absolute Gasteiger partial charge is 0.396 e. The van der Waals surface area contributed by atoms with Crippen molar-refractivity contribution < 1.29 is 12.8 Å². The quantitative estimate of drug-likeness (QED) is 0.795. The highest BCUT2D eigenvalue weighted by molar-refractivity contribution is 7.89. The Morgan fingerprint density at radius 3 is 2.44 bits per heavy atom. The van der Waals surface area contributed by atoms with Crippen LogP contribution in [0.3, 0.4) is 0 Å². The highest BCUT2D eigenvalue weighted by Crippen LogP contribution is 2.23. The lowest BCUT2D eigenvalue weighted by Gasteiger charge is -2.15. The third kappa shape index (κ3) is 1.90. The molecule has 16 heavy (non-hydrogen) atoms. The van der Waals surface area contributed by atoms with Gasteiger partial charge in [-0.3, -0.25) is 0 Å². The van der Waals surface area contributed by atoms with Crippen LogP contribution in [-0.4, -0.2) is 25.8 Å². The van der Waals surface area contributed by atoms with Gasteiger partial charge in [-0.1, -0.05) is 0 Å². The normalized spacial score (nSPS) is 17.8. The molecule has 1 aliphatic rings. The van der Waals surface area contributed by atoms with Crippen LogP contribution in [0.5, 0.6) is 0 Å². The molecule has 0 unspecified atom stereocenters. The van der Waals surface area contributed by atoms with Crippen LogP contribution in [0.1, 0.15) is 12.8 Å². The Labute approximate surface area is 93.9 Å². The van der Waals surface area contributed by atoms with Gasteiger partial charge in [-0.15, -0.1) is 0 Å². The Morgan fingerprint density at radius 1 is 1.25 bits per heavy atom. The Bertz CT molecular complexity index is 496. The number of sulfonamides is 1. The third-order valence-corrected chi connectivity index (χ3v) is 4.57. The number of hydrogen-bond donors (Lipinski definition) is 1. The lowest BCUT2D eigenvalue weighted by Crippen LogP contribution is -2.27. The first-order chi connectivity index (χ1) is 7.51. The van der Waals surface area contributed by atoms with Gasteiger partial charge in [0.25, 0.3) is 0 Å². The Hall–Kier alpha value is -1.14. The van der Waals surface area contributed by atoms with Gasteiger partial charge in [0.05, 0.1) is 10.6 Å². The average Bonchev–Trinajstić information content (AvgIpc) is 2.75. The van der Waals surface area contributed by atoms with Crippen LogP contribution in [0.15, 0.2) is 23.1 Å². The zero-order valence-corrected chi connectivity index (χ0v) is 9.50. The molecule has 0 spiro atoms. The van der Waals surface area contributed by atoms with Crippen molar-refractivity contribution in [3.05, 3.63) is 24.0 Å². The van der Waals surface area contributed by atoms with E-state index in [0.29, 0.717) is 13.1 Å². The van der Waals surface area contributed by atoms with E-state index in [9.17, 15) is 12.8 Å². The zero-order chi connectivity index (χ0) is 11.8. The van der Waals surface area contributed by atoms with E-state index in [1.807, 2.05) is 0 Å². The van der Waals surface area contributed by atoms with Crippen LogP contribution in [0, 0.1) is 5.82 Å². The molecular formula is C10H13FN2O2S. The van der Waals surface area contributed by atoms with Crippen molar-refractivity contribution in [2.24, 2.45) is 0 Å². The van der Waals surface area contributed by atoms with E-state index in [-0.39, 0.29) is 10.6 Å². The molecule has 88 valence electrons. The topological polar surface area (TPSA) is 63.4 Å². The molecule has 0 saturated carbocycles. The minimum absolute atomic E-state index is 0.0268. The fourth-order valence-corrected chi connectivity index (χ4v) is 3.28. The van der Waals surface area contributed by atoms with Gasteiger partial charge in [-0.25, -0.2) is 12.8 Å². The Balaban J connectivity index is 2.39. The summed E-state index contributed by atoms with van der Waals surface area (Å²) in [6.45, 7) is 1.02. The highest BCUT2D eigenvalue weighted by Gasteiger charge is 2.27.